The monoisotopic (exact) mass is 345 g/mol. The van der Waals surface area contributed by atoms with Crippen LogP contribution in [0.25, 0.3) is 10.2 Å². The highest BCUT2D eigenvalue weighted by Crippen LogP contribution is 2.22. The number of aryl methyl sites for hydroxylation is 1. The number of hydrogen-bond acceptors (Lipinski definition) is 2. The van der Waals surface area contributed by atoms with Gasteiger partial charge in [-0.1, -0.05) is 72.3 Å². The summed E-state index contributed by atoms with van der Waals surface area (Å²) in [5, 5.41) is 3.56. The van der Waals surface area contributed by atoms with Crippen LogP contribution in [0.4, 0.5) is 0 Å². The Morgan fingerprint density at radius 1 is 0.840 bits per heavy atom. The summed E-state index contributed by atoms with van der Waals surface area (Å²) in [5.41, 5.74) is 5.05. The van der Waals surface area contributed by atoms with Crippen LogP contribution in [0.1, 0.15) is 27.7 Å². The van der Waals surface area contributed by atoms with Crippen LogP contribution in [0.3, 0.4) is 0 Å². The van der Waals surface area contributed by atoms with E-state index in [0.717, 1.165) is 12.1 Å². The highest BCUT2D eigenvalue weighted by atomic mass is 32.1. The number of nitrogens with two attached hydrogens (primary N) is 1. The Morgan fingerprint density at radius 3 is 2.28 bits per heavy atom. The molecule has 3 aromatic carbocycles. The lowest BCUT2D eigenvalue weighted by Crippen LogP contribution is -2.83. The zero-order chi connectivity index (χ0) is 17.1. The molecule has 0 radical (unpaired) electrons. The minimum absolute atomic E-state index is 0.286. The lowest BCUT2D eigenvalue weighted by Gasteiger charge is -2.16. The Balaban J connectivity index is 1.60. The van der Waals surface area contributed by atoms with Gasteiger partial charge in [0, 0.05) is 11.1 Å². The molecule has 0 saturated heterocycles. The smallest absolute Gasteiger partial charge is 0.148 e. The third kappa shape index (κ3) is 3.63. The Bertz CT molecular complexity index is 925. The van der Waals surface area contributed by atoms with Crippen molar-refractivity contribution in [2.24, 2.45) is 0 Å². The van der Waals surface area contributed by atoms with Crippen LogP contribution in [0.15, 0.2) is 78.9 Å². The van der Waals surface area contributed by atoms with E-state index in [1.165, 1.54) is 26.4 Å². The summed E-state index contributed by atoms with van der Waals surface area (Å²) in [4.78, 5) is 4.77. The predicted molar refractivity (Wildman–Crippen MR) is 105 cm³/mol. The summed E-state index contributed by atoms with van der Waals surface area (Å²) in [6.07, 6.45) is 0. The van der Waals surface area contributed by atoms with Crippen molar-refractivity contribution < 1.29 is 5.32 Å². The van der Waals surface area contributed by atoms with E-state index >= 15 is 0 Å². The van der Waals surface area contributed by atoms with Crippen LogP contribution in [0, 0.1) is 6.92 Å². The van der Waals surface area contributed by atoms with Crippen molar-refractivity contribution in [3.63, 3.8) is 0 Å². The summed E-state index contributed by atoms with van der Waals surface area (Å²) >= 11 is 1.79. The lowest BCUT2D eigenvalue weighted by atomic mass is 9.98. The summed E-state index contributed by atoms with van der Waals surface area (Å²) in [7, 11) is 0. The second-order valence-electron chi connectivity index (χ2n) is 6.31. The molecule has 2 nitrogen and oxygen atoms in total. The van der Waals surface area contributed by atoms with Crippen molar-refractivity contribution in [1.82, 2.24) is 4.98 Å². The maximum Gasteiger partial charge on any atom is 0.148 e. The third-order valence-corrected chi connectivity index (χ3v) is 5.52. The molecule has 1 atom stereocenters. The first-order valence-corrected chi connectivity index (χ1v) is 9.40. The molecule has 0 aliphatic rings. The van der Waals surface area contributed by atoms with Crippen molar-refractivity contribution in [3.05, 3.63) is 101 Å². The molecule has 0 amide bonds. The molecule has 1 aromatic heterocycles. The number of aromatic nitrogens is 1. The number of quaternary nitrogens is 1. The number of nitrogens with zero attached hydrogens (tertiary/aromatic N) is 1. The van der Waals surface area contributed by atoms with Gasteiger partial charge in [-0.05, 0) is 19.1 Å². The van der Waals surface area contributed by atoms with Gasteiger partial charge in [0.1, 0.15) is 17.6 Å². The summed E-state index contributed by atoms with van der Waals surface area (Å²) in [6, 6.07) is 28.2. The zero-order valence-corrected chi connectivity index (χ0v) is 15.0. The topological polar surface area (TPSA) is 29.5 Å². The fraction of sp³-hybridized carbons (Fsp3) is 0.136. The average molecular weight is 345 g/mol. The van der Waals surface area contributed by atoms with E-state index in [-0.39, 0.29) is 6.04 Å². The molecule has 0 unspecified atom stereocenters. The Kier molecular flexibility index (Phi) is 4.59. The van der Waals surface area contributed by atoms with Crippen molar-refractivity contribution in [3.8, 4) is 0 Å². The van der Waals surface area contributed by atoms with Gasteiger partial charge in [-0.25, -0.2) is 4.98 Å². The van der Waals surface area contributed by atoms with Crippen LogP contribution < -0.4 is 5.32 Å². The predicted octanol–water partition coefficient (Wildman–Crippen LogP) is 4.46. The van der Waals surface area contributed by atoms with Gasteiger partial charge in [0.15, 0.2) is 0 Å². The number of hydrogen-bond donors (Lipinski definition) is 1. The number of para-hydroxylation sites is 1. The minimum atomic E-state index is 0.286. The Morgan fingerprint density at radius 2 is 1.52 bits per heavy atom. The van der Waals surface area contributed by atoms with Crippen molar-refractivity contribution in [2.45, 2.75) is 19.5 Å². The van der Waals surface area contributed by atoms with Crippen LogP contribution >= 0.6 is 11.3 Å². The van der Waals surface area contributed by atoms with E-state index in [2.05, 4.69) is 91.1 Å². The first-order valence-electron chi connectivity index (χ1n) is 8.59. The van der Waals surface area contributed by atoms with Crippen molar-refractivity contribution in [2.75, 3.05) is 0 Å². The molecular formula is C22H21N2S+. The fourth-order valence-electron chi connectivity index (χ4n) is 3.12. The maximum atomic E-state index is 4.77. The van der Waals surface area contributed by atoms with Gasteiger partial charge >= 0.3 is 0 Å². The van der Waals surface area contributed by atoms with Crippen LogP contribution in [-0.2, 0) is 6.54 Å². The van der Waals surface area contributed by atoms with Crippen molar-refractivity contribution in [1.29, 1.82) is 0 Å². The first kappa shape index (κ1) is 16.0. The molecule has 0 fully saturated rings. The fourth-order valence-corrected chi connectivity index (χ4v) is 4.07. The second kappa shape index (κ2) is 7.18. The minimum Gasteiger partial charge on any atom is -0.331 e. The highest BCUT2D eigenvalue weighted by molar-refractivity contribution is 7.18. The van der Waals surface area contributed by atoms with Gasteiger partial charge in [-0.3, -0.25) is 0 Å². The molecule has 0 saturated carbocycles. The van der Waals surface area contributed by atoms with Crippen LogP contribution in [0.2, 0.25) is 0 Å². The molecule has 2 N–H and O–H groups in total. The molecular weight excluding hydrogens is 324 g/mol. The third-order valence-electron chi connectivity index (χ3n) is 4.46. The molecule has 0 spiro atoms. The standard InChI is InChI=1S/C22H20N2S/c1-16-11-13-18(14-12-16)22(17-7-3-2-4-8-17)23-15-21-24-19-9-5-6-10-20(19)25-21/h2-14,22-23H,15H2,1H3/p+1/t22-/m0/s1. The van der Waals surface area contributed by atoms with E-state index in [1.54, 1.807) is 11.3 Å². The molecule has 4 aromatic rings. The van der Waals surface area contributed by atoms with E-state index in [0.29, 0.717) is 0 Å². The van der Waals surface area contributed by atoms with E-state index < -0.39 is 0 Å². The average Bonchev–Trinajstić information content (AvgIpc) is 3.07. The highest BCUT2D eigenvalue weighted by Gasteiger charge is 2.18. The zero-order valence-electron chi connectivity index (χ0n) is 14.2. The second-order valence-corrected chi connectivity index (χ2v) is 7.43. The van der Waals surface area contributed by atoms with Gasteiger partial charge in [0.2, 0.25) is 0 Å². The van der Waals surface area contributed by atoms with Gasteiger partial charge < -0.3 is 5.32 Å². The van der Waals surface area contributed by atoms with E-state index in [9.17, 15) is 0 Å². The molecule has 124 valence electrons. The number of benzene rings is 3. The summed E-state index contributed by atoms with van der Waals surface area (Å²) in [5.74, 6) is 0. The number of rotatable bonds is 5. The van der Waals surface area contributed by atoms with Crippen molar-refractivity contribution >= 4 is 21.6 Å². The summed E-state index contributed by atoms with van der Waals surface area (Å²) in [6.45, 7) is 3.01. The van der Waals surface area contributed by atoms with Gasteiger partial charge in [-0.15, -0.1) is 11.3 Å². The van der Waals surface area contributed by atoms with Crippen LogP contribution in [-0.4, -0.2) is 4.98 Å². The Labute approximate surface area is 152 Å². The quantitative estimate of drug-likeness (QED) is 0.569. The van der Waals surface area contributed by atoms with Gasteiger partial charge in [0.05, 0.1) is 10.2 Å². The molecule has 0 aliphatic heterocycles. The maximum absolute atomic E-state index is 4.77. The van der Waals surface area contributed by atoms with Gasteiger partial charge in [0.25, 0.3) is 0 Å². The molecule has 1 heterocycles. The van der Waals surface area contributed by atoms with E-state index in [1.807, 2.05) is 0 Å². The molecule has 4 rings (SSSR count). The molecule has 25 heavy (non-hydrogen) atoms. The van der Waals surface area contributed by atoms with Gasteiger partial charge in [-0.2, -0.15) is 0 Å². The summed E-state index contributed by atoms with van der Waals surface area (Å²) < 4.78 is 1.26. The Hall–Kier alpha value is -2.49. The normalized spacial score (nSPS) is 12.4. The molecule has 0 bridgehead atoms. The van der Waals surface area contributed by atoms with Crippen LogP contribution in [0.5, 0.6) is 0 Å². The van der Waals surface area contributed by atoms with E-state index in [4.69, 9.17) is 4.98 Å². The molecule has 0 aliphatic carbocycles. The first-order chi connectivity index (χ1) is 12.3. The SMILES string of the molecule is Cc1ccc([C@@H]([NH2+]Cc2nc3ccccc3s2)c2ccccc2)cc1. The molecule has 3 heteroatoms. The lowest BCUT2D eigenvalue weighted by molar-refractivity contribution is -0.702. The number of fused-ring (bicyclic) bond motifs is 1. The largest absolute Gasteiger partial charge is 0.331 e. The number of thiazole rings is 1.